The second-order valence-electron chi connectivity index (χ2n) is 5.15. The summed E-state index contributed by atoms with van der Waals surface area (Å²) in [6.07, 6.45) is 1.79. The third kappa shape index (κ3) is 2.20. The molecule has 0 saturated carbocycles. The summed E-state index contributed by atoms with van der Waals surface area (Å²) in [4.78, 5) is 9.03. The molecule has 3 N–H and O–H groups in total. The summed E-state index contributed by atoms with van der Waals surface area (Å²) in [5.41, 5.74) is 9.45. The van der Waals surface area contributed by atoms with Crippen molar-refractivity contribution >= 4 is 39.0 Å². The first-order chi connectivity index (χ1) is 10.8. The Balaban J connectivity index is 1.73. The summed E-state index contributed by atoms with van der Waals surface area (Å²) in [6.45, 7) is 0. The Kier molecular flexibility index (Phi) is 2.86. The molecule has 4 heteroatoms. The first kappa shape index (κ1) is 12.6. The summed E-state index contributed by atoms with van der Waals surface area (Å²) >= 11 is 0. The van der Waals surface area contributed by atoms with Gasteiger partial charge in [-0.1, -0.05) is 24.3 Å². The van der Waals surface area contributed by atoms with Crippen LogP contribution < -0.4 is 11.1 Å². The van der Waals surface area contributed by atoms with Gasteiger partial charge in [-0.15, -0.1) is 0 Å². The number of hydrogen-bond donors (Lipinski definition) is 2. The maximum absolute atomic E-state index is 6.01. The van der Waals surface area contributed by atoms with Gasteiger partial charge in [0.1, 0.15) is 5.82 Å². The maximum Gasteiger partial charge on any atom is 0.131 e. The number of para-hydroxylation sites is 1. The third-order valence-electron chi connectivity index (χ3n) is 3.63. The van der Waals surface area contributed by atoms with E-state index in [0.717, 1.165) is 39.0 Å². The first-order valence-corrected chi connectivity index (χ1v) is 7.07. The van der Waals surface area contributed by atoms with E-state index in [1.807, 2.05) is 60.7 Å². The van der Waals surface area contributed by atoms with Crippen molar-refractivity contribution < 1.29 is 0 Å². The van der Waals surface area contributed by atoms with Crippen LogP contribution in [-0.2, 0) is 0 Å². The second kappa shape index (κ2) is 5.00. The molecular formula is C18H14N4. The highest BCUT2D eigenvalue weighted by atomic mass is 15.0. The van der Waals surface area contributed by atoms with Gasteiger partial charge in [0.2, 0.25) is 0 Å². The van der Waals surface area contributed by atoms with Crippen LogP contribution in [-0.4, -0.2) is 9.97 Å². The van der Waals surface area contributed by atoms with Gasteiger partial charge in [0.15, 0.2) is 0 Å². The predicted octanol–water partition coefficient (Wildman–Crippen LogP) is 4.11. The quantitative estimate of drug-likeness (QED) is 0.544. The van der Waals surface area contributed by atoms with Gasteiger partial charge in [0.25, 0.3) is 0 Å². The van der Waals surface area contributed by atoms with Gasteiger partial charge in [0, 0.05) is 16.5 Å². The van der Waals surface area contributed by atoms with Crippen LogP contribution in [0.2, 0.25) is 0 Å². The van der Waals surface area contributed by atoms with E-state index in [0.29, 0.717) is 0 Å². The van der Waals surface area contributed by atoms with Crippen molar-refractivity contribution in [2.45, 2.75) is 0 Å². The Morgan fingerprint density at radius 3 is 2.68 bits per heavy atom. The van der Waals surface area contributed by atoms with E-state index in [4.69, 9.17) is 5.73 Å². The Morgan fingerprint density at radius 1 is 0.864 bits per heavy atom. The summed E-state index contributed by atoms with van der Waals surface area (Å²) in [7, 11) is 0. The largest absolute Gasteiger partial charge is 0.398 e. The van der Waals surface area contributed by atoms with Crippen molar-refractivity contribution in [1.29, 1.82) is 0 Å². The molecule has 0 radical (unpaired) electrons. The standard InChI is InChI=1S/C18H14N4/c19-15-5-3-7-17-14(15)10-13(11-20-17)21-18-9-8-12-4-1-2-6-16(12)22-18/h1-11H,19H2,(H,21,22). The Labute approximate surface area is 127 Å². The number of pyridine rings is 2. The smallest absolute Gasteiger partial charge is 0.131 e. The molecule has 0 spiro atoms. The number of rotatable bonds is 2. The van der Waals surface area contributed by atoms with Crippen molar-refractivity contribution in [3.05, 3.63) is 66.9 Å². The molecule has 4 aromatic rings. The van der Waals surface area contributed by atoms with Crippen LogP contribution in [0.1, 0.15) is 0 Å². The van der Waals surface area contributed by atoms with Crippen LogP contribution >= 0.6 is 0 Å². The zero-order valence-electron chi connectivity index (χ0n) is 11.8. The van der Waals surface area contributed by atoms with Crippen LogP contribution in [0, 0.1) is 0 Å². The fraction of sp³-hybridized carbons (Fsp3) is 0. The molecule has 0 aliphatic rings. The molecule has 106 valence electrons. The molecule has 2 aromatic carbocycles. The van der Waals surface area contributed by atoms with Crippen LogP contribution in [0.15, 0.2) is 66.9 Å². The van der Waals surface area contributed by atoms with E-state index in [1.54, 1.807) is 6.20 Å². The highest BCUT2D eigenvalue weighted by molar-refractivity contribution is 5.92. The van der Waals surface area contributed by atoms with Gasteiger partial charge in [-0.25, -0.2) is 4.98 Å². The van der Waals surface area contributed by atoms with Gasteiger partial charge >= 0.3 is 0 Å². The zero-order valence-corrected chi connectivity index (χ0v) is 11.8. The number of nitrogens with one attached hydrogen (secondary N) is 1. The van der Waals surface area contributed by atoms with Crippen molar-refractivity contribution in [2.75, 3.05) is 11.1 Å². The van der Waals surface area contributed by atoms with E-state index in [9.17, 15) is 0 Å². The van der Waals surface area contributed by atoms with Gasteiger partial charge in [0.05, 0.1) is 22.9 Å². The molecular weight excluding hydrogens is 272 g/mol. The SMILES string of the molecule is Nc1cccc2ncc(Nc3ccc4ccccc4n3)cc12. The minimum atomic E-state index is 0.722. The van der Waals surface area contributed by atoms with Crippen LogP contribution in [0.4, 0.5) is 17.2 Å². The minimum Gasteiger partial charge on any atom is -0.398 e. The topological polar surface area (TPSA) is 63.8 Å². The van der Waals surface area contributed by atoms with E-state index in [-0.39, 0.29) is 0 Å². The molecule has 0 aliphatic carbocycles. The monoisotopic (exact) mass is 286 g/mol. The molecule has 22 heavy (non-hydrogen) atoms. The maximum atomic E-state index is 6.01. The number of nitrogens with two attached hydrogens (primary N) is 1. The number of benzene rings is 2. The molecule has 0 saturated heterocycles. The lowest BCUT2D eigenvalue weighted by Crippen LogP contribution is -1.96. The molecule has 0 amide bonds. The van der Waals surface area contributed by atoms with E-state index >= 15 is 0 Å². The van der Waals surface area contributed by atoms with Crippen molar-refractivity contribution in [3.8, 4) is 0 Å². The molecule has 0 unspecified atom stereocenters. The van der Waals surface area contributed by atoms with E-state index in [2.05, 4.69) is 15.3 Å². The van der Waals surface area contributed by atoms with Crippen LogP contribution in [0.3, 0.4) is 0 Å². The molecule has 2 aromatic heterocycles. The molecule has 0 atom stereocenters. The van der Waals surface area contributed by atoms with Gasteiger partial charge in [-0.05, 0) is 36.4 Å². The Hall–Kier alpha value is -3.14. The summed E-state index contributed by atoms with van der Waals surface area (Å²) in [5, 5.41) is 5.34. The molecule has 4 nitrogen and oxygen atoms in total. The van der Waals surface area contributed by atoms with Crippen molar-refractivity contribution in [3.63, 3.8) is 0 Å². The number of nitrogen functional groups attached to an aromatic ring is 1. The van der Waals surface area contributed by atoms with Crippen LogP contribution in [0.5, 0.6) is 0 Å². The lowest BCUT2D eigenvalue weighted by atomic mass is 10.1. The fourth-order valence-corrected chi connectivity index (χ4v) is 2.52. The highest BCUT2D eigenvalue weighted by Crippen LogP contribution is 2.24. The van der Waals surface area contributed by atoms with Gasteiger partial charge in [-0.3, -0.25) is 4.98 Å². The lowest BCUT2D eigenvalue weighted by Gasteiger charge is -2.08. The number of hydrogen-bond acceptors (Lipinski definition) is 4. The lowest BCUT2D eigenvalue weighted by molar-refractivity contribution is 1.34. The van der Waals surface area contributed by atoms with Gasteiger partial charge in [-0.2, -0.15) is 0 Å². The summed E-state index contributed by atoms with van der Waals surface area (Å²) in [6, 6.07) is 19.8. The number of aromatic nitrogens is 2. The average Bonchev–Trinajstić information content (AvgIpc) is 2.56. The summed E-state index contributed by atoms with van der Waals surface area (Å²) < 4.78 is 0. The van der Waals surface area contributed by atoms with E-state index < -0.39 is 0 Å². The zero-order chi connectivity index (χ0) is 14.9. The normalized spacial score (nSPS) is 10.9. The molecule has 0 aliphatic heterocycles. The molecule has 0 bridgehead atoms. The van der Waals surface area contributed by atoms with Crippen LogP contribution in [0.25, 0.3) is 21.8 Å². The Morgan fingerprint density at radius 2 is 1.73 bits per heavy atom. The summed E-state index contributed by atoms with van der Waals surface area (Å²) in [5.74, 6) is 0.786. The average molecular weight is 286 g/mol. The fourth-order valence-electron chi connectivity index (χ4n) is 2.52. The van der Waals surface area contributed by atoms with E-state index in [1.165, 1.54) is 0 Å². The molecule has 4 rings (SSSR count). The Bertz CT molecular complexity index is 979. The molecule has 0 fully saturated rings. The van der Waals surface area contributed by atoms with Crippen molar-refractivity contribution in [1.82, 2.24) is 9.97 Å². The second-order valence-corrected chi connectivity index (χ2v) is 5.15. The van der Waals surface area contributed by atoms with Crippen molar-refractivity contribution in [2.24, 2.45) is 0 Å². The van der Waals surface area contributed by atoms with Gasteiger partial charge < -0.3 is 11.1 Å². The minimum absolute atomic E-state index is 0.722. The third-order valence-corrected chi connectivity index (χ3v) is 3.63. The highest BCUT2D eigenvalue weighted by Gasteiger charge is 2.03. The number of fused-ring (bicyclic) bond motifs is 2. The predicted molar refractivity (Wildman–Crippen MR) is 91.2 cm³/mol. The molecule has 2 heterocycles. The first-order valence-electron chi connectivity index (χ1n) is 7.07. The number of anilines is 3. The number of nitrogens with zero attached hydrogens (tertiary/aromatic N) is 2.